The summed E-state index contributed by atoms with van der Waals surface area (Å²) in [7, 11) is 0. The molecule has 0 bridgehead atoms. The fourth-order valence-electron chi connectivity index (χ4n) is 3.78. The van der Waals surface area contributed by atoms with Crippen LogP contribution in [0.15, 0.2) is 91.0 Å². The third kappa shape index (κ3) is 5.79. The first kappa shape index (κ1) is 23.8. The maximum atomic E-state index is 12.6. The van der Waals surface area contributed by atoms with Crippen LogP contribution in [0.4, 0.5) is 4.79 Å². The monoisotopic (exact) mass is 469 g/mol. The molecule has 4 aromatic rings. The van der Waals surface area contributed by atoms with Gasteiger partial charge in [-0.15, -0.1) is 0 Å². The number of amides is 1. The van der Waals surface area contributed by atoms with Gasteiger partial charge in [0.15, 0.2) is 0 Å². The minimum Gasteiger partial charge on any atom is -0.492 e. The molecule has 0 aliphatic rings. The van der Waals surface area contributed by atoms with Gasteiger partial charge in [-0.05, 0) is 12.5 Å². The van der Waals surface area contributed by atoms with Crippen LogP contribution in [-0.2, 0) is 16.0 Å². The minimum atomic E-state index is -0.635. The Morgan fingerprint density at radius 2 is 1.31 bits per heavy atom. The maximum absolute atomic E-state index is 12.6. The van der Waals surface area contributed by atoms with Crippen LogP contribution >= 0.6 is 0 Å². The number of fused-ring (bicyclic) bond motifs is 2. The molecule has 0 saturated carbocycles. The molecular formula is C29H27NO5. The van der Waals surface area contributed by atoms with Gasteiger partial charge in [0.2, 0.25) is 0 Å². The van der Waals surface area contributed by atoms with Gasteiger partial charge in [-0.2, -0.15) is 0 Å². The van der Waals surface area contributed by atoms with Crippen LogP contribution in [0.3, 0.4) is 0 Å². The minimum absolute atomic E-state index is 0.0243. The summed E-state index contributed by atoms with van der Waals surface area (Å²) in [5.74, 6) is 0.703. The zero-order valence-corrected chi connectivity index (χ0v) is 19.6. The highest BCUT2D eigenvalue weighted by Gasteiger charge is 2.18. The number of nitrogens with one attached hydrogen (secondary N) is 1. The quantitative estimate of drug-likeness (QED) is 0.145. The number of benzene rings is 4. The van der Waals surface area contributed by atoms with Crippen molar-refractivity contribution in [3.8, 4) is 11.5 Å². The van der Waals surface area contributed by atoms with Crippen molar-refractivity contribution in [2.75, 3.05) is 19.8 Å². The van der Waals surface area contributed by atoms with Crippen LogP contribution in [0, 0.1) is 0 Å². The van der Waals surface area contributed by atoms with Crippen molar-refractivity contribution in [1.82, 2.24) is 5.32 Å². The van der Waals surface area contributed by atoms with E-state index in [1.807, 2.05) is 66.7 Å². The fourth-order valence-corrected chi connectivity index (χ4v) is 3.78. The summed E-state index contributed by atoms with van der Waals surface area (Å²) < 4.78 is 17.1. The third-order valence-corrected chi connectivity index (χ3v) is 5.46. The molecule has 4 rings (SSSR count). The molecule has 6 nitrogen and oxygen atoms in total. The molecule has 4 aromatic carbocycles. The first-order valence-electron chi connectivity index (χ1n) is 11.4. The zero-order chi connectivity index (χ0) is 24.6. The van der Waals surface area contributed by atoms with Gasteiger partial charge < -0.3 is 19.5 Å². The molecule has 0 atom stereocenters. The van der Waals surface area contributed by atoms with E-state index in [4.69, 9.17) is 14.2 Å². The Balaban J connectivity index is 1.56. The summed E-state index contributed by atoms with van der Waals surface area (Å²) in [5, 5.41) is 5.88. The van der Waals surface area contributed by atoms with Crippen LogP contribution < -0.4 is 14.8 Å². The molecule has 0 spiro atoms. The number of carbonyl (C=O) groups excluding carboxylic acids is 2. The van der Waals surface area contributed by atoms with E-state index in [0.717, 1.165) is 33.7 Å². The smallest absolute Gasteiger partial charge is 0.412 e. The van der Waals surface area contributed by atoms with Crippen molar-refractivity contribution in [3.05, 3.63) is 96.6 Å². The first-order valence-corrected chi connectivity index (χ1v) is 11.4. The predicted octanol–water partition coefficient (Wildman–Crippen LogP) is 5.82. The SMILES string of the molecule is C=C(C)C(=O)OCCNC(=O)Oc1c2ccccc2c(OCCc2ccccc2)c2ccccc12. The summed E-state index contributed by atoms with van der Waals surface area (Å²) >= 11 is 0. The number of hydrogen-bond donors (Lipinski definition) is 1. The molecule has 6 heteroatoms. The first-order chi connectivity index (χ1) is 17.0. The second-order valence-electron chi connectivity index (χ2n) is 8.07. The van der Waals surface area contributed by atoms with E-state index in [1.165, 1.54) is 5.56 Å². The van der Waals surface area contributed by atoms with Crippen molar-refractivity contribution in [2.24, 2.45) is 0 Å². The van der Waals surface area contributed by atoms with Gasteiger partial charge in [0, 0.05) is 33.5 Å². The molecule has 0 aromatic heterocycles. The van der Waals surface area contributed by atoms with E-state index in [0.29, 0.717) is 17.9 Å². The third-order valence-electron chi connectivity index (χ3n) is 5.46. The average molecular weight is 470 g/mol. The predicted molar refractivity (Wildman–Crippen MR) is 137 cm³/mol. The lowest BCUT2D eigenvalue weighted by molar-refractivity contribution is -0.138. The van der Waals surface area contributed by atoms with Crippen molar-refractivity contribution in [1.29, 1.82) is 0 Å². The van der Waals surface area contributed by atoms with E-state index in [9.17, 15) is 9.59 Å². The number of carbonyl (C=O) groups is 2. The molecule has 35 heavy (non-hydrogen) atoms. The molecule has 0 saturated heterocycles. The van der Waals surface area contributed by atoms with Crippen LogP contribution in [0.25, 0.3) is 21.5 Å². The van der Waals surface area contributed by atoms with Crippen molar-refractivity contribution >= 4 is 33.6 Å². The molecule has 0 fully saturated rings. The molecule has 0 radical (unpaired) electrons. The summed E-state index contributed by atoms with van der Waals surface area (Å²) in [5.41, 5.74) is 1.50. The Labute approximate surface area is 204 Å². The van der Waals surface area contributed by atoms with Gasteiger partial charge >= 0.3 is 12.1 Å². The number of rotatable bonds is 9. The van der Waals surface area contributed by atoms with Gasteiger partial charge in [0.05, 0.1) is 13.2 Å². The molecule has 0 aliphatic carbocycles. The normalized spacial score (nSPS) is 10.7. The van der Waals surface area contributed by atoms with Gasteiger partial charge in [-0.1, -0.05) is 85.4 Å². The molecule has 0 unspecified atom stereocenters. The van der Waals surface area contributed by atoms with Gasteiger partial charge in [0.25, 0.3) is 0 Å². The summed E-state index contributed by atoms with van der Waals surface area (Å²) in [6.45, 7) is 5.75. The Hall–Kier alpha value is -4.32. The molecule has 1 N–H and O–H groups in total. The van der Waals surface area contributed by atoms with Crippen LogP contribution in [0.2, 0.25) is 0 Å². The molecule has 178 valence electrons. The highest BCUT2D eigenvalue weighted by atomic mass is 16.6. The lowest BCUT2D eigenvalue weighted by atomic mass is 10.0. The Morgan fingerprint density at radius 3 is 1.89 bits per heavy atom. The Bertz CT molecular complexity index is 1310. The average Bonchev–Trinajstić information content (AvgIpc) is 2.88. The zero-order valence-electron chi connectivity index (χ0n) is 19.6. The number of hydrogen-bond acceptors (Lipinski definition) is 5. The Morgan fingerprint density at radius 1 is 0.771 bits per heavy atom. The summed E-state index contributed by atoms with van der Waals surface area (Å²) in [4.78, 5) is 24.1. The van der Waals surface area contributed by atoms with Crippen molar-refractivity contribution < 1.29 is 23.8 Å². The largest absolute Gasteiger partial charge is 0.492 e. The maximum Gasteiger partial charge on any atom is 0.412 e. The van der Waals surface area contributed by atoms with Crippen LogP contribution in [0.5, 0.6) is 11.5 Å². The van der Waals surface area contributed by atoms with E-state index in [1.54, 1.807) is 6.92 Å². The fraction of sp³-hybridized carbons (Fsp3) is 0.172. The van der Waals surface area contributed by atoms with E-state index in [-0.39, 0.29) is 13.2 Å². The van der Waals surface area contributed by atoms with Crippen molar-refractivity contribution in [2.45, 2.75) is 13.3 Å². The number of esters is 1. The highest BCUT2D eigenvalue weighted by molar-refractivity contribution is 6.11. The van der Waals surface area contributed by atoms with E-state index >= 15 is 0 Å². The molecule has 1 amide bonds. The van der Waals surface area contributed by atoms with Gasteiger partial charge in [0.1, 0.15) is 18.1 Å². The number of ether oxygens (including phenoxy) is 3. The topological polar surface area (TPSA) is 73.9 Å². The lowest BCUT2D eigenvalue weighted by Crippen LogP contribution is -2.30. The van der Waals surface area contributed by atoms with Crippen LogP contribution in [-0.4, -0.2) is 31.8 Å². The highest BCUT2D eigenvalue weighted by Crippen LogP contribution is 2.42. The second kappa shape index (κ2) is 11.2. The van der Waals surface area contributed by atoms with Crippen molar-refractivity contribution in [3.63, 3.8) is 0 Å². The van der Waals surface area contributed by atoms with Gasteiger partial charge in [-0.25, -0.2) is 9.59 Å². The summed E-state index contributed by atoms with van der Waals surface area (Å²) in [6.07, 6.45) is 0.143. The summed E-state index contributed by atoms with van der Waals surface area (Å²) in [6, 6.07) is 25.6. The Kier molecular flexibility index (Phi) is 7.63. The van der Waals surface area contributed by atoms with Crippen LogP contribution in [0.1, 0.15) is 12.5 Å². The standard InChI is InChI=1S/C29H27NO5/c1-20(2)28(31)34-19-17-30-29(32)35-27-24-14-8-6-12-22(24)26(23-13-7-9-15-25(23)27)33-18-16-21-10-4-3-5-11-21/h3-15H,1,16-19H2,2H3,(H,30,32). The lowest BCUT2D eigenvalue weighted by Gasteiger charge is -2.17. The molecule has 0 aliphatic heterocycles. The van der Waals surface area contributed by atoms with E-state index in [2.05, 4.69) is 24.0 Å². The molecular weight excluding hydrogens is 442 g/mol. The second-order valence-corrected chi connectivity index (χ2v) is 8.07. The molecule has 0 heterocycles. The van der Waals surface area contributed by atoms with E-state index < -0.39 is 12.1 Å². The van der Waals surface area contributed by atoms with Gasteiger partial charge in [-0.3, -0.25) is 0 Å².